The van der Waals surface area contributed by atoms with Crippen molar-refractivity contribution in [2.75, 3.05) is 0 Å². The number of benzene rings is 4. The topological polar surface area (TPSA) is 67.8 Å². The van der Waals surface area contributed by atoms with Crippen LogP contribution in [0, 0.1) is 0 Å². The number of ether oxygens (including phenoxy) is 1. The second-order valence-corrected chi connectivity index (χ2v) is 11.3. The summed E-state index contributed by atoms with van der Waals surface area (Å²) in [6, 6.07) is 36.2. The van der Waals surface area contributed by atoms with Crippen LogP contribution in [-0.4, -0.2) is 17.8 Å². The summed E-state index contributed by atoms with van der Waals surface area (Å²) in [4.78, 5) is 12.2. The molecule has 4 aromatic rings. The Bertz CT molecular complexity index is 1350. The molecule has 0 radical (unpaired) electrons. The van der Waals surface area contributed by atoms with Gasteiger partial charge in [-0.25, -0.2) is 9.56 Å². The first kappa shape index (κ1) is 26.1. The molecular weight excluding hydrogens is 479 g/mol. The number of amides is 1. The van der Waals surface area contributed by atoms with Gasteiger partial charge in [0.1, 0.15) is 6.61 Å². The van der Waals surface area contributed by atoms with Gasteiger partial charge < -0.3 is 10.1 Å². The largest absolute Gasteiger partial charge is 0.445 e. The first-order valence-corrected chi connectivity index (χ1v) is 13.9. The molecule has 0 aliphatic carbocycles. The fourth-order valence-corrected chi connectivity index (χ4v) is 6.31. The van der Waals surface area contributed by atoms with Gasteiger partial charge in [0.15, 0.2) is 0 Å². The van der Waals surface area contributed by atoms with Crippen molar-refractivity contribution in [3.05, 3.63) is 132 Å². The molecule has 0 saturated heterocycles. The molecule has 0 aliphatic rings. The summed E-state index contributed by atoms with van der Waals surface area (Å²) in [5.74, 6) is 0. The molecule has 0 unspecified atom stereocenters. The monoisotopic (exact) mass is 510 g/mol. The molecule has 5 nitrogen and oxygen atoms in total. The van der Waals surface area contributed by atoms with Crippen LogP contribution in [0.3, 0.4) is 0 Å². The zero-order valence-corrected chi connectivity index (χ0v) is 22.0. The van der Waals surface area contributed by atoms with E-state index in [1.165, 1.54) is 0 Å². The minimum Gasteiger partial charge on any atom is -0.445 e. The van der Waals surface area contributed by atoms with E-state index in [9.17, 15) is 9.36 Å². The number of nitrogens with zero attached hydrogens (tertiary/aromatic N) is 1. The van der Waals surface area contributed by atoms with E-state index in [0.29, 0.717) is 22.7 Å². The normalized spacial score (nSPS) is 12.5. The molecule has 1 amide bonds. The molecule has 1 atom stereocenters. The van der Waals surface area contributed by atoms with Gasteiger partial charge in [0.05, 0.1) is 0 Å². The lowest BCUT2D eigenvalue weighted by atomic mass is 10.0. The maximum Gasteiger partial charge on any atom is 0.407 e. The van der Waals surface area contributed by atoms with Gasteiger partial charge >= 0.3 is 6.09 Å². The van der Waals surface area contributed by atoms with Crippen LogP contribution in [0.1, 0.15) is 30.5 Å². The van der Waals surface area contributed by atoms with Gasteiger partial charge in [-0.2, -0.15) is 0 Å². The fraction of sp³-hybridized carbons (Fsp3) is 0.161. The maximum atomic E-state index is 14.3. The van der Waals surface area contributed by atoms with E-state index < -0.39 is 13.4 Å². The molecule has 0 aromatic heterocycles. The molecule has 0 spiro atoms. The minimum absolute atomic E-state index is 0.129. The zero-order chi connectivity index (χ0) is 26.1. The van der Waals surface area contributed by atoms with Crippen LogP contribution in [0.15, 0.2) is 120 Å². The van der Waals surface area contributed by atoms with Crippen molar-refractivity contribution in [3.63, 3.8) is 0 Å². The second-order valence-electron chi connectivity index (χ2n) is 8.94. The Kier molecular flexibility index (Phi) is 8.71. The lowest BCUT2D eigenvalue weighted by Crippen LogP contribution is -2.34. The Labute approximate surface area is 218 Å². The third-order valence-electron chi connectivity index (χ3n) is 5.97. The summed E-state index contributed by atoms with van der Waals surface area (Å²) in [6.07, 6.45) is 0.174. The van der Waals surface area contributed by atoms with Crippen LogP contribution < -0.4 is 15.9 Å². The molecule has 0 heterocycles. The number of carbonyl (C=O) groups is 1. The molecule has 0 saturated carbocycles. The summed E-state index contributed by atoms with van der Waals surface area (Å²) in [7, 11) is -3.23. The Hall–Kier alpha value is -3.95. The molecule has 6 heteroatoms. The van der Waals surface area contributed by atoms with Gasteiger partial charge in [0, 0.05) is 22.4 Å². The number of rotatable bonds is 9. The van der Waals surface area contributed by atoms with Crippen LogP contribution in [-0.2, 0) is 22.3 Å². The van der Waals surface area contributed by atoms with Gasteiger partial charge in [0.2, 0.25) is 7.29 Å². The van der Waals surface area contributed by atoms with Crippen molar-refractivity contribution in [2.45, 2.75) is 32.9 Å². The molecular formula is C31H31N2O3P. The number of hydrogen-bond donors (Lipinski definition) is 1. The summed E-state index contributed by atoms with van der Waals surface area (Å²) in [5.41, 5.74) is 3.57. The second kappa shape index (κ2) is 12.3. The van der Waals surface area contributed by atoms with Crippen molar-refractivity contribution in [1.82, 2.24) is 5.32 Å². The predicted octanol–water partition coefficient (Wildman–Crippen LogP) is 6.28. The van der Waals surface area contributed by atoms with Crippen molar-refractivity contribution < 1.29 is 14.1 Å². The Morgan fingerprint density at radius 2 is 1.35 bits per heavy atom. The SMILES string of the molecule is C/C(=N\P(=O)(c1ccccc1)c1ccccc1)c1cccc(C[C@H](C)NC(=O)OCc2ccccc2)c1. The average Bonchev–Trinajstić information content (AvgIpc) is 2.93. The van der Waals surface area contributed by atoms with Crippen LogP contribution in [0.5, 0.6) is 0 Å². The average molecular weight is 511 g/mol. The maximum absolute atomic E-state index is 14.3. The highest BCUT2D eigenvalue weighted by atomic mass is 31.2. The van der Waals surface area contributed by atoms with Crippen molar-refractivity contribution in [2.24, 2.45) is 4.76 Å². The van der Waals surface area contributed by atoms with Crippen LogP contribution in [0.4, 0.5) is 4.79 Å². The standard InChI is InChI=1S/C31H31N2O3P/c1-24(32-31(34)36-23-26-13-6-3-7-14-26)21-27-15-12-16-28(22-27)25(2)33-37(35,29-17-8-4-9-18-29)30-19-10-5-11-20-30/h3-20,22,24H,21,23H2,1-2H3,(H,32,34)/b33-25+/t24-/m0/s1. The van der Waals surface area contributed by atoms with Crippen molar-refractivity contribution in [3.8, 4) is 0 Å². The molecule has 0 bridgehead atoms. The van der Waals surface area contributed by atoms with E-state index in [-0.39, 0.29) is 12.6 Å². The summed E-state index contributed by atoms with van der Waals surface area (Å²) in [5, 5.41) is 4.29. The van der Waals surface area contributed by atoms with Crippen LogP contribution in [0.25, 0.3) is 0 Å². The number of nitrogens with one attached hydrogen (secondary N) is 1. The number of alkyl carbamates (subject to hydrolysis) is 1. The molecule has 4 aromatic carbocycles. The van der Waals surface area contributed by atoms with E-state index in [1.807, 2.05) is 129 Å². The van der Waals surface area contributed by atoms with Crippen molar-refractivity contribution >= 4 is 29.7 Å². The Morgan fingerprint density at radius 1 is 0.811 bits per heavy atom. The minimum atomic E-state index is -3.23. The van der Waals surface area contributed by atoms with E-state index >= 15 is 0 Å². The highest BCUT2D eigenvalue weighted by Crippen LogP contribution is 2.45. The first-order chi connectivity index (χ1) is 17.9. The van der Waals surface area contributed by atoms with Crippen LogP contribution >= 0.6 is 7.29 Å². The van der Waals surface area contributed by atoms with Gasteiger partial charge in [0.25, 0.3) is 0 Å². The molecule has 37 heavy (non-hydrogen) atoms. The first-order valence-electron chi connectivity index (χ1n) is 12.3. The van der Waals surface area contributed by atoms with E-state index in [2.05, 4.69) is 5.32 Å². The van der Waals surface area contributed by atoms with E-state index in [4.69, 9.17) is 9.50 Å². The number of hydrogen-bond acceptors (Lipinski definition) is 3. The zero-order valence-electron chi connectivity index (χ0n) is 21.1. The molecule has 1 N–H and O–H groups in total. The quantitative estimate of drug-likeness (QED) is 0.213. The lowest BCUT2D eigenvalue weighted by Gasteiger charge is -2.17. The third-order valence-corrected chi connectivity index (χ3v) is 8.54. The third kappa shape index (κ3) is 7.05. The van der Waals surface area contributed by atoms with Gasteiger partial charge in [-0.05, 0) is 67.3 Å². The molecule has 0 aliphatic heterocycles. The van der Waals surface area contributed by atoms with Gasteiger partial charge in [-0.3, -0.25) is 4.57 Å². The van der Waals surface area contributed by atoms with Gasteiger partial charge in [-0.15, -0.1) is 0 Å². The van der Waals surface area contributed by atoms with Crippen LogP contribution in [0.2, 0.25) is 0 Å². The fourth-order valence-electron chi connectivity index (χ4n) is 4.09. The molecule has 0 fully saturated rings. The van der Waals surface area contributed by atoms with Crippen molar-refractivity contribution in [1.29, 1.82) is 0 Å². The van der Waals surface area contributed by atoms with Gasteiger partial charge in [-0.1, -0.05) is 84.9 Å². The Balaban J connectivity index is 1.48. The summed E-state index contributed by atoms with van der Waals surface area (Å²) in [6.45, 7) is 4.06. The summed E-state index contributed by atoms with van der Waals surface area (Å²) >= 11 is 0. The summed E-state index contributed by atoms with van der Waals surface area (Å²) < 4.78 is 24.5. The van der Waals surface area contributed by atoms with E-state index in [1.54, 1.807) is 0 Å². The highest BCUT2D eigenvalue weighted by molar-refractivity contribution is 7.77. The highest BCUT2D eigenvalue weighted by Gasteiger charge is 2.26. The smallest absolute Gasteiger partial charge is 0.407 e. The predicted molar refractivity (Wildman–Crippen MR) is 151 cm³/mol. The van der Waals surface area contributed by atoms with E-state index in [0.717, 1.165) is 16.7 Å². The number of carbonyl (C=O) groups excluding carboxylic acids is 1. The molecule has 4 rings (SSSR count). The molecule has 188 valence electrons. The lowest BCUT2D eigenvalue weighted by molar-refractivity contribution is 0.136. The Morgan fingerprint density at radius 3 is 1.95 bits per heavy atom.